The third kappa shape index (κ3) is 4.83. The van der Waals surface area contributed by atoms with Gasteiger partial charge in [0.2, 0.25) is 0 Å². The maximum Gasteiger partial charge on any atom is 0.313 e. The number of para-hydroxylation sites is 1. The first-order valence-electron chi connectivity index (χ1n) is 12.3. The Balaban J connectivity index is 1.20. The molecule has 5 rings (SSSR count). The van der Waals surface area contributed by atoms with Crippen molar-refractivity contribution < 1.29 is 14.0 Å². The van der Waals surface area contributed by atoms with Crippen molar-refractivity contribution >= 4 is 23.2 Å². The molecule has 36 heavy (non-hydrogen) atoms. The van der Waals surface area contributed by atoms with Gasteiger partial charge in [-0.25, -0.2) is 9.07 Å². The Morgan fingerprint density at radius 3 is 2.50 bits per heavy atom. The predicted molar refractivity (Wildman–Crippen MR) is 137 cm³/mol. The molecule has 0 saturated carbocycles. The number of piperidine rings is 1. The molecule has 0 spiro atoms. The SMILES string of the molecule is CN(C)C1CCN(c2ccc(NC(=O)C(=O)N3CCc4c(cnn4-c4ccccc4)C3)cc2F)CC1. The largest absolute Gasteiger partial charge is 0.369 e. The fraction of sp³-hybridized carbons (Fsp3) is 0.370. The van der Waals surface area contributed by atoms with Crippen LogP contribution in [0.3, 0.4) is 0 Å². The van der Waals surface area contributed by atoms with Crippen molar-refractivity contribution in [1.29, 1.82) is 0 Å². The lowest BCUT2D eigenvalue weighted by atomic mass is 10.0. The number of carbonyl (C=O) groups is 2. The number of rotatable bonds is 4. The van der Waals surface area contributed by atoms with Gasteiger partial charge in [0.05, 0.1) is 23.3 Å². The second-order valence-corrected chi connectivity index (χ2v) is 9.64. The third-order valence-corrected chi connectivity index (χ3v) is 7.16. The summed E-state index contributed by atoms with van der Waals surface area (Å²) in [5.41, 5.74) is 3.71. The zero-order chi connectivity index (χ0) is 25.2. The average molecular weight is 491 g/mol. The zero-order valence-corrected chi connectivity index (χ0v) is 20.7. The molecule has 2 aliphatic rings. The van der Waals surface area contributed by atoms with Crippen molar-refractivity contribution in [1.82, 2.24) is 19.6 Å². The summed E-state index contributed by atoms with van der Waals surface area (Å²) in [6, 6.07) is 14.9. The molecule has 3 heterocycles. The lowest BCUT2D eigenvalue weighted by Gasteiger charge is -2.36. The van der Waals surface area contributed by atoms with Crippen LogP contribution in [0.5, 0.6) is 0 Å². The van der Waals surface area contributed by atoms with E-state index in [1.165, 1.54) is 11.0 Å². The summed E-state index contributed by atoms with van der Waals surface area (Å²) in [7, 11) is 4.14. The van der Waals surface area contributed by atoms with Crippen LogP contribution in [-0.4, -0.2) is 71.2 Å². The number of carbonyl (C=O) groups excluding carboxylic acids is 2. The van der Waals surface area contributed by atoms with Crippen molar-refractivity contribution in [3.8, 4) is 5.69 Å². The third-order valence-electron chi connectivity index (χ3n) is 7.16. The van der Waals surface area contributed by atoms with Crippen molar-refractivity contribution in [2.45, 2.75) is 31.8 Å². The van der Waals surface area contributed by atoms with Crippen LogP contribution in [0.1, 0.15) is 24.1 Å². The Labute approximate surface area is 210 Å². The number of fused-ring (bicyclic) bond motifs is 1. The summed E-state index contributed by atoms with van der Waals surface area (Å²) in [5, 5.41) is 7.04. The van der Waals surface area contributed by atoms with Gasteiger partial charge in [-0.15, -0.1) is 0 Å². The van der Waals surface area contributed by atoms with Crippen LogP contribution in [0.25, 0.3) is 5.69 Å². The van der Waals surface area contributed by atoms with Crippen molar-refractivity contribution in [2.75, 3.05) is 43.9 Å². The Bertz CT molecular complexity index is 1250. The number of anilines is 2. The second-order valence-electron chi connectivity index (χ2n) is 9.64. The highest BCUT2D eigenvalue weighted by Gasteiger charge is 2.29. The molecule has 0 radical (unpaired) electrons. The number of nitrogens with one attached hydrogen (secondary N) is 1. The van der Waals surface area contributed by atoms with Crippen LogP contribution >= 0.6 is 0 Å². The van der Waals surface area contributed by atoms with Gasteiger partial charge in [-0.3, -0.25) is 9.59 Å². The molecule has 2 amide bonds. The minimum atomic E-state index is -0.771. The van der Waals surface area contributed by atoms with Crippen molar-refractivity contribution in [3.05, 3.63) is 71.8 Å². The number of hydrogen-bond acceptors (Lipinski definition) is 5. The summed E-state index contributed by atoms with van der Waals surface area (Å²) in [5.74, 6) is -1.81. The first-order chi connectivity index (χ1) is 17.4. The first-order valence-corrected chi connectivity index (χ1v) is 12.3. The smallest absolute Gasteiger partial charge is 0.313 e. The topological polar surface area (TPSA) is 73.7 Å². The number of aromatic nitrogens is 2. The van der Waals surface area contributed by atoms with Gasteiger partial charge in [0.1, 0.15) is 5.82 Å². The first kappa shape index (κ1) is 24.0. The molecule has 0 atom stereocenters. The molecule has 188 valence electrons. The van der Waals surface area contributed by atoms with Gasteiger partial charge in [0.25, 0.3) is 0 Å². The highest BCUT2D eigenvalue weighted by Crippen LogP contribution is 2.27. The summed E-state index contributed by atoms with van der Waals surface area (Å²) < 4.78 is 16.8. The fourth-order valence-corrected chi connectivity index (χ4v) is 5.09. The molecular formula is C27H31FN6O2. The molecule has 0 aliphatic carbocycles. The Morgan fingerprint density at radius 1 is 1.06 bits per heavy atom. The van der Waals surface area contributed by atoms with Crippen LogP contribution in [-0.2, 0) is 22.6 Å². The summed E-state index contributed by atoms with van der Waals surface area (Å²) in [6.45, 7) is 2.28. The van der Waals surface area contributed by atoms with Crippen LogP contribution < -0.4 is 10.2 Å². The van der Waals surface area contributed by atoms with Crippen LogP contribution in [0, 0.1) is 5.82 Å². The molecule has 0 unspecified atom stereocenters. The van der Waals surface area contributed by atoms with E-state index in [4.69, 9.17) is 0 Å². The molecule has 1 aromatic heterocycles. The molecule has 2 aliphatic heterocycles. The monoisotopic (exact) mass is 490 g/mol. The number of amides is 2. The minimum Gasteiger partial charge on any atom is -0.369 e. The van der Waals surface area contributed by atoms with E-state index in [9.17, 15) is 14.0 Å². The minimum absolute atomic E-state index is 0.271. The Morgan fingerprint density at radius 2 is 1.81 bits per heavy atom. The summed E-state index contributed by atoms with van der Waals surface area (Å²) in [4.78, 5) is 31.3. The maximum absolute atomic E-state index is 14.9. The van der Waals surface area contributed by atoms with Gasteiger partial charge in [-0.1, -0.05) is 18.2 Å². The number of halogens is 1. The van der Waals surface area contributed by atoms with E-state index >= 15 is 0 Å². The molecule has 0 bridgehead atoms. The van der Waals surface area contributed by atoms with Crippen molar-refractivity contribution in [2.24, 2.45) is 0 Å². The normalized spacial score (nSPS) is 16.2. The average Bonchev–Trinajstić information content (AvgIpc) is 3.32. The van der Waals surface area contributed by atoms with E-state index in [1.807, 2.05) is 39.9 Å². The number of benzene rings is 2. The molecule has 1 fully saturated rings. The molecule has 8 nitrogen and oxygen atoms in total. The van der Waals surface area contributed by atoms with Gasteiger partial charge in [-0.2, -0.15) is 5.10 Å². The number of hydrogen-bond donors (Lipinski definition) is 1. The highest BCUT2D eigenvalue weighted by molar-refractivity contribution is 6.39. The lowest BCUT2D eigenvalue weighted by Crippen LogP contribution is -2.42. The number of nitrogens with zero attached hydrogens (tertiary/aromatic N) is 5. The van der Waals surface area contributed by atoms with Crippen molar-refractivity contribution in [3.63, 3.8) is 0 Å². The van der Waals surface area contributed by atoms with Gasteiger partial charge in [0.15, 0.2) is 0 Å². The zero-order valence-electron chi connectivity index (χ0n) is 20.7. The fourth-order valence-electron chi connectivity index (χ4n) is 5.09. The van der Waals surface area contributed by atoms with Crippen LogP contribution in [0.2, 0.25) is 0 Å². The van der Waals surface area contributed by atoms with E-state index in [0.29, 0.717) is 31.2 Å². The van der Waals surface area contributed by atoms with Gasteiger partial charge in [0, 0.05) is 49.9 Å². The molecule has 1 saturated heterocycles. The van der Waals surface area contributed by atoms with E-state index < -0.39 is 17.6 Å². The van der Waals surface area contributed by atoms with E-state index in [2.05, 4.69) is 29.4 Å². The van der Waals surface area contributed by atoms with Gasteiger partial charge < -0.3 is 20.0 Å². The van der Waals surface area contributed by atoms with Crippen LogP contribution in [0.4, 0.5) is 15.8 Å². The van der Waals surface area contributed by atoms with E-state index in [-0.39, 0.29) is 5.69 Å². The lowest BCUT2D eigenvalue weighted by molar-refractivity contribution is -0.143. The van der Waals surface area contributed by atoms with Gasteiger partial charge >= 0.3 is 11.8 Å². The van der Waals surface area contributed by atoms with E-state index in [1.54, 1.807) is 18.3 Å². The highest BCUT2D eigenvalue weighted by atomic mass is 19.1. The van der Waals surface area contributed by atoms with Crippen LogP contribution in [0.15, 0.2) is 54.7 Å². The standard InChI is InChI=1S/C27H31FN6O2/c1-31(2)21-10-13-32(14-11-21)25-9-8-20(16-23(25)28)30-26(35)27(36)33-15-12-24-19(18-33)17-29-34(24)22-6-4-3-5-7-22/h3-9,16-17,21H,10-15,18H2,1-2H3,(H,30,35). The maximum atomic E-state index is 14.9. The molecule has 9 heteroatoms. The Hall–Kier alpha value is -3.72. The quantitative estimate of drug-likeness (QED) is 0.569. The predicted octanol–water partition coefficient (Wildman–Crippen LogP) is 3.07. The summed E-state index contributed by atoms with van der Waals surface area (Å²) in [6.07, 6.45) is 4.29. The Kier molecular flexibility index (Phi) is 6.73. The molecular weight excluding hydrogens is 459 g/mol. The molecule has 2 aromatic carbocycles. The molecule has 1 N–H and O–H groups in total. The molecule has 3 aromatic rings. The summed E-state index contributed by atoms with van der Waals surface area (Å²) >= 11 is 0. The van der Waals surface area contributed by atoms with E-state index in [0.717, 1.165) is 42.9 Å². The van der Waals surface area contributed by atoms with Gasteiger partial charge in [-0.05, 0) is 57.3 Å². The second kappa shape index (κ2) is 10.1.